The van der Waals surface area contributed by atoms with E-state index >= 15 is 0 Å². The second kappa shape index (κ2) is 12.7. The molecule has 0 amide bonds. The van der Waals surface area contributed by atoms with Crippen LogP contribution in [0.4, 0.5) is 0 Å². The summed E-state index contributed by atoms with van der Waals surface area (Å²) in [5.74, 6) is -0.415. The molecular weight excluding hydrogens is 488 g/mol. The number of hydrogen-bond acceptors (Lipinski definition) is 7. The van der Waals surface area contributed by atoms with Crippen molar-refractivity contribution in [2.24, 2.45) is 0 Å². The summed E-state index contributed by atoms with van der Waals surface area (Å²) >= 11 is 1.52. The van der Waals surface area contributed by atoms with Crippen LogP contribution >= 0.6 is 11.8 Å². The van der Waals surface area contributed by atoms with E-state index in [2.05, 4.69) is 6.92 Å². The van der Waals surface area contributed by atoms with Crippen molar-refractivity contribution < 1.29 is 28.5 Å². The average molecular weight is 521 g/mol. The van der Waals surface area contributed by atoms with Crippen LogP contribution in [0.2, 0.25) is 0 Å². The topological polar surface area (TPSA) is 63.2 Å². The van der Waals surface area contributed by atoms with Gasteiger partial charge in [0.15, 0.2) is 12.4 Å². The first-order valence-electron chi connectivity index (χ1n) is 12.8. The molecule has 2 saturated heterocycles. The van der Waals surface area contributed by atoms with Crippen LogP contribution in [0, 0.1) is 0 Å². The lowest BCUT2D eigenvalue weighted by molar-refractivity contribution is -0.323. The third-order valence-electron chi connectivity index (χ3n) is 6.41. The fraction of sp³-hybridized carbons (Fsp3) is 0.367. The van der Waals surface area contributed by atoms with Crippen LogP contribution in [0.15, 0.2) is 95.9 Å². The second-order valence-corrected chi connectivity index (χ2v) is 10.2. The molecule has 2 aliphatic heterocycles. The van der Waals surface area contributed by atoms with Gasteiger partial charge in [0.25, 0.3) is 0 Å². The molecule has 0 N–H and O–H groups in total. The van der Waals surface area contributed by atoms with Gasteiger partial charge in [0.1, 0.15) is 23.7 Å². The first kappa shape index (κ1) is 25.9. The molecule has 0 bridgehead atoms. The first-order valence-corrected chi connectivity index (χ1v) is 13.7. The Hall–Kier alpha value is -2.68. The van der Waals surface area contributed by atoms with Gasteiger partial charge in [0, 0.05) is 17.1 Å². The number of hydrogen-bond donors (Lipinski definition) is 0. The van der Waals surface area contributed by atoms with E-state index in [1.165, 1.54) is 11.8 Å². The van der Waals surface area contributed by atoms with E-state index in [1.807, 2.05) is 78.9 Å². The van der Waals surface area contributed by atoms with Gasteiger partial charge in [0.05, 0.1) is 12.2 Å². The zero-order valence-electron chi connectivity index (χ0n) is 20.8. The smallest absolute Gasteiger partial charge is 0.338 e. The summed E-state index contributed by atoms with van der Waals surface area (Å²) in [6.45, 7) is 3.00. The lowest BCUT2D eigenvalue weighted by Gasteiger charge is -2.48. The highest BCUT2D eigenvalue weighted by Crippen LogP contribution is 2.41. The Kier molecular flexibility index (Phi) is 8.92. The number of carbonyl (C=O) groups excluding carboxylic acids is 1. The Labute approximate surface area is 222 Å². The molecule has 4 unspecified atom stereocenters. The maximum absolute atomic E-state index is 13.2. The second-order valence-electron chi connectivity index (χ2n) is 9.08. The van der Waals surface area contributed by atoms with Gasteiger partial charge < -0.3 is 23.7 Å². The van der Waals surface area contributed by atoms with Crippen LogP contribution in [0.3, 0.4) is 0 Å². The number of ether oxygens (including phenoxy) is 5. The van der Waals surface area contributed by atoms with Gasteiger partial charge >= 0.3 is 5.97 Å². The minimum Gasteiger partial charge on any atom is -0.452 e. The van der Waals surface area contributed by atoms with Crippen LogP contribution < -0.4 is 0 Å². The van der Waals surface area contributed by atoms with Gasteiger partial charge in [-0.3, -0.25) is 0 Å². The molecule has 2 aliphatic rings. The van der Waals surface area contributed by atoms with Gasteiger partial charge in [-0.25, -0.2) is 4.79 Å². The van der Waals surface area contributed by atoms with E-state index in [-0.39, 0.29) is 6.10 Å². The molecular formula is C30H32O6S. The van der Waals surface area contributed by atoms with Crippen LogP contribution in [0.25, 0.3) is 0 Å². The molecule has 0 spiro atoms. The maximum Gasteiger partial charge on any atom is 0.338 e. The van der Waals surface area contributed by atoms with Crippen molar-refractivity contribution >= 4 is 17.7 Å². The minimum absolute atomic E-state index is 0.350. The summed E-state index contributed by atoms with van der Waals surface area (Å²) in [4.78, 5) is 14.2. The molecule has 7 heteroatoms. The van der Waals surface area contributed by atoms with E-state index in [0.29, 0.717) is 18.8 Å². The summed E-state index contributed by atoms with van der Waals surface area (Å²) < 4.78 is 31.7. The Bertz CT molecular complexity index is 1110. The van der Waals surface area contributed by atoms with Crippen molar-refractivity contribution in [3.63, 3.8) is 0 Å². The van der Waals surface area contributed by atoms with E-state index in [1.54, 1.807) is 12.1 Å². The van der Waals surface area contributed by atoms with Gasteiger partial charge in [0.2, 0.25) is 0 Å². The Balaban J connectivity index is 1.44. The molecule has 0 aliphatic carbocycles. The number of thioether (sulfide) groups is 1. The lowest BCUT2D eigenvalue weighted by atomic mass is 9.98. The predicted molar refractivity (Wildman–Crippen MR) is 141 cm³/mol. The number of benzene rings is 3. The van der Waals surface area contributed by atoms with Gasteiger partial charge in [-0.15, -0.1) is 0 Å². The molecule has 37 heavy (non-hydrogen) atoms. The predicted octanol–water partition coefficient (Wildman–Crippen LogP) is 6.03. The summed E-state index contributed by atoms with van der Waals surface area (Å²) in [6.07, 6.45) is -0.697. The van der Waals surface area contributed by atoms with E-state index in [9.17, 15) is 4.79 Å². The Morgan fingerprint density at radius 2 is 1.57 bits per heavy atom. The Morgan fingerprint density at radius 1 is 0.892 bits per heavy atom. The van der Waals surface area contributed by atoms with Crippen molar-refractivity contribution in [3.8, 4) is 0 Å². The summed E-state index contributed by atoms with van der Waals surface area (Å²) in [5.41, 5.74) is 0.908. The van der Waals surface area contributed by atoms with E-state index < -0.39 is 36.0 Å². The summed E-state index contributed by atoms with van der Waals surface area (Å²) in [7, 11) is 0. The van der Waals surface area contributed by atoms with Gasteiger partial charge in [-0.05, 0) is 30.7 Å². The van der Waals surface area contributed by atoms with Crippen molar-refractivity contribution in [2.45, 2.75) is 60.8 Å². The number of rotatable bonds is 9. The first-order chi connectivity index (χ1) is 18.2. The van der Waals surface area contributed by atoms with Crippen LogP contribution in [-0.2, 0) is 23.7 Å². The quantitative estimate of drug-likeness (QED) is 0.252. The largest absolute Gasteiger partial charge is 0.452 e. The van der Waals surface area contributed by atoms with Gasteiger partial charge in [-0.1, -0.05) is 91.8 Å². The normalized spacial score (nSPS) is 27.3. The number of esters is 1. The fourth-order valence-electron chi connectivity index (χ4n) is 4.50. The highest BCUT2D eigenvalue weighted by atomic mass is 32.2. The molecule has 3 aromatic carbocycles. The molecule has 0 aromatic heterocycles. The van der Waals surface area contributed by atoms with Crippen LogP contribution in [0.1, 0.15) is 42.0 Å². The van der Waals surface area contributed by atoms with Crippen molar-refractivity contribution in [1.82, 2.24) is 0 Å². The van der Waals surface area contributed by atoms with Crippen molar-refractivity contribution in [1.29, 1.82) is 0 Å². The number of carbonyl (C=O) groups is 1. The average Bonchev–Trinajstić information content (AvgIpc) is 2.95. The molecule has 0 radical (unpaired) electrons. The third kappa shape index (κ3) is 6.43. The molecule has 2 heterocycles. The third-order valence-corrected chi connectivity index (χ3v) is 7.57. The molecule has 0 saturated carbocycles. The number of fused-ring (bicyclic) bond motifs is 1. The lowest BCUT2D eigenvalue weighted by Crippen LogP contribution is -2.62. The number of unbranched alkanes of at least 4 members (excludes halogenated alkanes) is 1. The van der Waals surface area contributed by atoms with Crippen LogP contribution in [0.5, 0.6) is 0 Å². The van der Waals surface area contributed by atoms with Gasteiger partial charge in [-0.2, -0.15) is 0 Å². The zero-order valence-corrected chi connectivity index (χ0v) is 21.6. The SMILES string of the molecule is CCCCOC1C(OC(=O)c2ccccc2)[C@H](Sc2ccccc2)OC2COC(c3ccccc3)O[C@@H]21. The summed E-state index contributed by atoms with van der Waals surface area (Å²) in [5, 5.41) is 0. The molecule has 194 valence electrons. The molecule has 2 fully saturated rings. The highest BCUT2D eigenvalue weighted by Gasteiger charge is 2.52. The highest BCUT2D eigenvalue weighted by molar-refractivity contribution is 7.99. The molecule has 6 atom stereocenters. The standard InChI is InChI=1S/C30H32O6S/c1-2-3-19-32-26-25-24(20-33-29(36-25)22-15-9-5-10-16-22)34-30(37-23-17-11-6-12-18-23)27(26)35-28(31)21-13-7-4-8-14-21/h4-18,24-27,29-30H,2-3,19-20H2,1H3/t24?,25-,26?,27?,29?,30-/m0/s1. The van der Waals surface area contributed by atoms with Crippen molar-refractivity contribution in [2.75, 3.05) is 13.2 Å². The minimum atomic E-state index is -0.689. The molecule has 6 nitrogen and oxygen atoms in total. The molecule has 5 rings (SSSR count). The van der Waals surface area contributed by atoms with Crippen LogP contribution in [-0.4, -0.2) is 49.0 Å². The zero-order chi connectivity index (χ0) is 25.5. The monoisotopic (exact) mass is 520 g/mol. The maximum atomic E-state index is 13.2. The van der Waals surface area contributed by atoms with Crippen molar-refractivity contribution in [3.05, 3.63) is 102 Å². The summed E-state index contributed by atoms with van der Waals surface area (Å²) in [6, 6.07) is 28.8. The van der Waals surface area contributed by atoms with E-state index in [0.717, 1.165) is 23.3 Å². The Morgan fingerprint density at radius 3 is 2.27 bits per heavy atom. The molecule has 3 aromatic rings. The fourth-order valence-corrected chi connectivity index (χ4v) is 5.62. The van der Waals surface area contributed by atoms with E-state index in [4.69, 9.17) is 23.7 Å².